The zero-order chi connectivity index (χ0) is 7.11. The Kier molecular flexibility index (Phi) is 7.22. The molecule has 0 radical (unpaired) electrons. The number of hydrogen-bond acceptors (Lipinski definition) is 1. The molecule has 0 spiro atoms. The molecule has 3 heteroatoms. The summed E-state index contributed by atoms with van der Waals surface area (Å²) in [4.78, 5) is 10.2. The van der Waals surface area contributed by atoms with Gasteiger partial charge in [0.15, 0.2) is 0 Å². The van der Waals surface area contributed by atoms with E-state index in [0.29, 0.717) is 0 Å². The highest BCUT2D eigenvalue weighted by molar-refractivity contribution is 9.09. The van der Waals surface area contributed by atoms with Gasteiger partial charge in [-0.1, -0.05) is 31.9 Å². The van der Waals surface area contributed by atoms with Gasteiger partial charge in [-0.2, -0.15) is 0 Å². The SMILES string of the molecule is O=CC(CCBr)CCBr. The second-order valence-electron chi connectivity index (χ2n) is 1.85. The van der Waals surface area contributed by atoms with Crippen molar-refractivity contribution in [3.8, 4) is 0 Å². The standard InChI is InChI=1S/C6H10Br2O/c7-3-1-6(5-9)2-4-8/h5-6H,1-4H2. The van der Waals surface area contributed by atoms with Gasteiger partial charge in [-0.05, 0) is 12.8 Å². The van der Waals surface area contributed by atoms with Crippen LogP contribution in [0.25, 0.3) is 0 Å². The lowest BCUT2D eigenvalue weighted by Crippen LogP contribution is -2.02. The summed E-state index contributed by atoms with van der Waals surface area (Å²) in [7, 11) is 0. The molecular weight excluding hydrogens is 248 g/mol. The summed E-state index contributed by atoms with van der Waals surface area (Å²) in [5.74, 6) is 0.240. The predicted octanol–water partition coefficient (Wildman–Crippen LogP) is 2.37. The minimum Gasteiger partial charge on any atom is -0.303 e. The molecule has 0 saturated carbocycles. The van der Waals surface area contributed by atoms with E-state index in [1.54, 1.807) is 0 Å². The Balaban J connectivity index is 3.29. The first-order chi connectivity index (χ1) is 4.35. The van der Waals surface area contributed by atoms with Crippen LogP contribution in [0.2, 0.25) is 0 Å². The first kappa shape index (κ1) is 9.63. The van der Waals surface area contributed by atoms with Crippen LogP contribution >= 0.6 is 31.9 Å². The molecule has 1 nitrogen and oxygen atoms in total. The minimum atomic E-state index is 0.240. The topological polar surface area (TPSA) is 17.1 Å². The molecule has 0 aromatic rings. The Hall–Kier alpha value is 0.630. The molecule has 54 valence electrons. The Morgan fingerprint density at radius 3 is 1.89 bits per heavy atom. The van der Waals surface area contributed by atoms with Crippen molar-refractivity contribution in [2.24, 2.45) is 5.92 Å². The van der Waals surface area contributed by atoms with Crippen LogP contribution < -0.4 is 0 Å². The average molecular weight is 258 g/mol. The summed E-state index contributed by atoms with van der Waals surface area (Å²) in [6.07, 6.45) is 2.94. The zero-order valence-corrected chi connectivity index (χ0v) is 8.32. The number of rotatable bonds is 5. The molecule has 0 rings (SSSR count). The molecule has 0 aromatic carbocycles. The normalized spacial score (nSPS) is 10.1. The largest absolute Gasteiger partial charge is 0.303 e. The van der Waals surface area contributed by atoms with E-state index < -0.39 is 0 Å². The first-order valence-corrected chi connectivity index (χ1v) is 5.16. The maximum absolute atomic E-state index is 10.2. The molecule has 0 amide bonds. The molecule has 9 heavy (non-hydrogen) atoms. The van der Waals surface area contributed by atoms with Gasteiger partial charge in [-0.15, -0.1) is 0 Å². The van der Waals surface area contributed by atoms with Gasteiger partial charge in [0.05, 0.1) is 0 Å². The number of halogens is 2. The van der Waals surface area contributed by atoms with Crippen LogP contribution in [0.4, 0.5) is 0 Å². The molecule has 0 N–H and O–H groups in total. The van der Waals surface area contributed by atoms with E-state index in [9.17, 15) is 4.79 Å². The monoisotopic (exact) mass is 256 g/mol. The third kappa shape index (κ3) is 5.09. The van der Waals surface area contributed by atoms with Crippen molar-refractivity contribution in [3.05, 3.63) is 0 Å². The van der Waals surface area contributed by atoms with Crippen LogP contribution in [0.1, 0.15) is 12.8 Å². The van der Waals surface area contributed by atoms with Crippen molar-refractivity contribution in [3.63, 3.8) is 0 Å². The van der Waals surface area contributed by atoms with Crippen molar-refractivity contribution in [1.29, 1.82) is 0 Å². The number of aldehydes is 1. The highest BCUT2D eigenvalue weighted by atomic mass is 79.9. The molecule has 0 aromatic heterocycles. The lowest BCUT2D eigenvalue weighted by atomic mass is 10.1. The van der Waals surface area contributed by atoms with Gasteiger partial charge >= 0.3 is 0 Å². The molecule has 0 unspecified atom stereocenters. The van der Waals surface area contributed by atoms with Gasteiger partial charge in [0.25, 0.3) is 0 Å². The summed E-state index contributed by atoms with van der Waals surface area (Å²) in [6, 6.07) is 0. The quantitative estimate of drug-likeness (QED) is 0.546. The fourth-order valence-corrected chi connectivity index (χ4v) is 1.74. The fraction of sp³-hybridized carbons (Fsp3) is 0.833. The number of carbonyl (C=O) groups excluding carboxylic acids is 1. The molecule has 0 bridgehead atoms. The number of carbonyl (C=O) groups is 1. The van der Waals surface area contributed by atoms with E-state index in [2.05, 4.69) is 31.9 Å². The van der Waals surface area contributed by atoms with Crippen molar-refractivity contribution < 1.29 is 4.79 Å². The highest BCUT2D eigenvalue weighted by Gasteiger charge is 2.03. The third-order valence-electron chi connectivity index (χ3n) is 1.15. The van der Waals surface area contributed by atoms with Crippen molar-refractivity contribution in [1.82, 2.24) is 0 Å². The van der Waals surface area contributed by atoms with E-state index >= 15 is 0 Å². The van der Waals surface area contributed by atoms with E-state index in [0.717, 1.165) is 29.8 Å². The van der Waals surface area contributed by atoms with Crippen LogP contribution in [-0.4, -0.2) is 16.9 Å². The predicted molar refractivity (Wildman–Crippen MR) is 46.4 cm³/mol. The second kappa shape index (κ2) is 6.75. The lowest BCUT2D eigenvalue weighted by molar-refractivity contribution is -0.111. The average Bonchev–Trinajstić information content (AvgIpc) is 1.88. The van der Waals surface area contributed by atoms with E-state index in [4.69, 9.17) is 0 Å². The smallest absolute Gasteiger partial charge is 0.123 e. The van der Waals surface area contributed by atoms with Crippen LogP contribution in [-0.2, 0) is 4.79 Å². The molecule has 0 fully saturated rings. The lowest BCUT2D eigenvalue weighted by Gasteiger charge is -2.02. The van der Waals surface area contributed by atoms with Crippen LogP contribution in [0.5, 0.6) is 0 Å². The molecule has 0 heterocycles. The Morgan fingerprint density at radius 1 is 1.22 bits per heavy atom. The maximum atomic E-state index is 10.2. The Bertz CT molecular complexity index is 69.5. The minimum absolute atomic E-state index is 0.240. The first-order valence-electron chi connectivity index (χ1n) is 2.92. The van der Waals surface area contributed by atoms with E-state index in [1.807, 2.05) is 0 Å². The van der Waals surface area contributed by atoms with Gasteiger partial charge in [0.1, 0.15) is 6.29 Å². The van der Waals surface area contributed by atoms with Gasteiger partial charge < -0.3 is 4.79 Å². The van der Waals surface area contributed by atoms with E-state index in [1.165, 1.54) is 0 Å². The summed E-state index contributed by atoms with van der Waals surface area (Å²) < 4.78 is 0. The summed E-state index contributed by atoms with van der Waals surface area (Å²) >= 11 is 6.57. The Labute approximate surface area is 72.5 Å². The fourth-order valence-electron chi connectivity index (χ4n) is 0.561. The van der Waals surface area contributed by atoms with Gasteiger partial charge in [0, 0.05) is 16.6 Å². The highest BCUT2D eigenvalue weighted by Crippen LogP contribution is 2.08. The summed E-state index contributed by atoms with van der Waals surface area (Å²) in [5, 5.41) is 1.84. The van der Waals surface area contributed by atoms with Crippen LogP contribution in [0.3, 0.4) is 0 Å². The molecule has 0 aliphatic heterocycles. The zero-order valence-electron chi connectivity index (χ0n) is 5.15. The summed E-state index contributed by atoms with van der Waals surface area (Å²) in [5.41, 5.74) is 0. The van der Waals surface area contributed by atoms with Crippen molar-refractivity contribution >= 4 is 38.1 Å². The van der Waals surface area contributed by atoms with Gasteiger partial charge in [-0.25, -0.2) is 0 Å². The van der Waals surface area contributed by atoms with Crippen LogP contribution in [0, 0.1) is 5.92 Å². The van der Waals surface area contributed by atoms with Crippen molar-refractivity contribution in [2.45, 2.75) is 12.8 Å². The number of alkyl halides is 2. The molecule has 0 aliphatic rings. The second-order valence-corrected chi connectivity index (χ2v) is 3.44. The van der Waals surface area contributed by atoms with Crippen LogP contribution in [0.15, 0.2) is 0 Å². The molecule has 0 saturated heterocycles. The third-order valence-corrected chi connectivity index (χ3v) is 2.07. The maximum Gasteiger partial charge on any atom is 0.123 e. The van der Waals surface area contributed by atoms with E-state index in [-0.39, 0.29) is 5.92 Å². The number of hydrogen-bond donors (Lipinski definition) is 0. The van der Waals surface area contributed by atoms with Gasteiger partial charge in [0.2, 0.25) is 0 Å². The molecule has 0 atom stereocenters. The molecular formula is C6H10Br2O. The van der Waals surface area contributed by atoms with Crippen molar-refractivity contribution in [2.75, 3.05) is 10.7 Å². The molecule has 0 aliphatic carbocycles. The van der Waals surface area contributed by atoms with Gasteiger partial charge in [-0.3, -0.25) is 0 Å². The summed E-state index contributed by atoms with van der Waals surface area (Å²) in [6.45, 7) is 0. The Morgan fingerprint density at radius 2 is 1.67 bits per heavy atom.